The average molecular weight is 291 g/mol. The maximum atomic E-state index is 10.6. The van der Waals surface area contributed by atoms with Gasteiger partial charge < -0.3 is 10.1 Å². The Balaban J connectivity index is 1.96. The second kappa shape index (κ2) is 7.46. The summed E-state index contributed by atoms with van der Waals surface area (Å²) >= 11 is 0. The molecule has 0 bridgehead atoms. The van der Waals surface area contributed by atoms with Gasteiger partial charge in [-0.3, -0.25) is 10.1 Å². The SMILES string of the molecule is COCCNCc1ncnn1Cc1ccc([N+](=O)[O-])cc1. The summed E-state index contributed by atoms with van der Waals surface area (Å²) in [4.78, 5) is 14.4. The first-order chi connectivity index (χ1) is 10.2. The van der Waals surface area contributed by atoms with Crippen LogP contribution in [-0.2, 0) is 17.8 Å². The molecule has 0 fully saturated rings. The molecule has 2 aromatic rings. The van der Waals surface area contributed by atoms with Gasteiger partial charge in [0.05, 0.1) is 24.6 Å². The summed E-state index contributed by atoms with van der Waals surface area (Å²) in [6, 6.07) is 6.43. The van der Waals surface area contributed by atoms with Gasteiger partial charge in [0.25, 0.3) is 5.69 Å². The van der Waals surface area contributed by atoms with Gasteiger partial charge in [0.15, 0.2) is 0 Å². The Morgan fingerprint density at radius 3 is 2.81 bits per heavy atom. The molecule has 0 aliphatic carbocycles. The molecule has 1 aromatic carbocycles. The Labute approximate surface area is 121 Å². The first kappa shape index (κ1) is 15.1. The van der Waals surface area contributed by atoms with E-state index < -0.39 is 4.92 Å². The van der Waals surface area contributed by atoms with Crippen molar-refractivity contribution < 1.29 is 9.66 Å². The number of ether oxygens (including phenoxy) is 1. The van der Waals surface area contributed by atoms with E-state index in [1.54, 1.807) is 23.9 Å². The molecule has 0 amide bonds. The summed E-state index contributed by atoms with van der Waals surface area (Å²) in [6.45, 7) is 2.49. The molecule has 0 aliphatic heterocycles. The third-order valence-electron chi connectivity index (χ3n) is 2.94. The van der Waals surface area contributed by atoms with Crippen LogP contribution in [0.1, 0.15) is 11.4 Å². The van der Waals surface area contributed by atoms with E-state index >= 15 is 0 Å². The van der Waals surface area contributed by atoms with Crippen LogP contribution in [0.2, 0.25) is 0 Å². The maximum absolute atomic E-state index is 10.6. The lowest BCUT2D eigenvalue weighted by Gasteiger charge is -2.07. The van der Waals surface area contributed by atoms with Gasteiger partial charge in [-0.15, -0.1) is 0 Å². The van der Waals surface area contributed by atoms with Crippen LogP contribution in [0.3, 0.4) is 0 Å². The van der Waals surface area contributed by atoms with Crippen molar-refractivity contribution in [3.63, 3.8) is 0 Å². The first-order valence-electron chi connectivity index (χ1n) is 6.50. The summed E-state index contributed by atoms with van der Waals surface area (Å²) in [5.41, 5.74) is 1.02. The number of aromatic nitrogens is 3. The average Bonchev–Trinajstić information content (AvgIpc) is 2.91. The van der Waals surface area contributed by atoms with Crippen LogP contribution in [0.4, 0.5) is 5.69 Å². The fraction of sp³-hybridized carbons (Fsp3) is 0.385. The van der Waals surface area contributed by atoms with Crippen molar-refractivity contribution in [3.05, 3.63) is 52.1 Å². The normalized spacial score (nSPS) is 10.7. The molecule has 0 saturated carbocycles. The number of non-ortho nitro benzene ring substituents is 1. The van der Waals surface area contributed by atoms with Crippen molar-refractivity contribution in [1.82, 2.24) is 20.1 Å². The lowest BCUT2D eigenvalue weighted by molar-refractivity contribution is -0.384. The highest BCUT2D eigenvalue weighted by atomic mass is 16.6. The largest absolute Gasteiger partial charge is 0.383 e. The second-order valence-electron chi connectivity index (χ2n) is 4.43. The van der Waals surface area contributed by atoms with Crippen molar-refractivity contribution >= 4 is 5.69 Å². The van der Waals surface area contributed by atoms with Crippen LogP contribution < -0.4 is 5.32 Å². The Hall–Kier alpha value is -2.32. The van der Waals surface area contributed by atoms with Gasteiger partial charge in [0.1, 0.15) is 12.2 Å². The Kier molecular flexibility index (Phi) is 5.35. The summed E-state index contributed by atoms with van der Waals surface area (Å²) in [5.74, 6) is 0.810. The fourth-order valence-electron chi connectivity index (χ4n) is 1.83. The molecule has 0 saturated heterocycles. The van der Waals surface area contributed by atoms with E-state index in [1.165, 1.54) is 18.5 Å². The van der Waals surface area contributed by atoms with E-state index in [0.29, 0.717) is 19.7 Å². The van der Waals surface area contributed by atoms with Crippen molar-refractivity contribution in [2.45, 2.75) is 13.1 Å². The molecule has 1 aromatic heterocycles. The van der Waals surface area contributed by atoms with E-state index in [2.05, 4.69) is 15.4 Å². The summed E-state index contributed by atoms with van der Waals surface area (Å²) < 4.78 is 6.72. The molecule has 2 rings (SSSR count). The predicted octanol–water partition coefficient (Wildman–Crippen LogP) is 0.971. The zero-order valence-electron chi connectivity index (χ0n) is 11.7. The van der Waals surface area contributed by atoms with Crippen molar-refractivity contribution in [2.75, 3.05) is 20.3 Å². The molecular formula is C13H17N5O3. The maximum Gasteiger partial charge on any atom is 0.269 e. The van der Waals surface area contributed by atoms with Gasteiger partial charge in [-0.25, -0.2) is 9.67 Å². The molecule has 8 nitrogen and oxygen atoms in total. The third kappa shape index (κ3) is 4.33. The molecule has 1 heterocycles. The fourth-order valence-corrected chi connectivity index (χ4v) is 1.83. The van der Waals surface area contributed by atoms with Gasteiger partial charge in [0, 0.05) is 25.8 Å². The zero-order valence-corrected chi connectivity index (χ0v) is 11.7. The lowest BCUT2D eigenvalue weighted by atomic mass is 10.2. The molecule has 0 aliphatic rings. The Morgan fingerprint density at radius 1 is 1.38 bits per heavy atom. The first-order valence-corrected chi connectivity index (χ1v) is 6.50. The van der Waals surface area contributed by atoms with Crippen LogP contribution in [0.5, 0.6) is 0 Å². The monoisotopic (exact) mass is 291 g/mol. The van der Waals surface area contributed by atoms with Crippen molar-refractivity contribution in [1.29, 1.82) is 0 Å². The van der Waals surface area contributed by atoms with Crippen molar-refractivity contribution in [3.8, 4) is 0 Å². The van der Waals surface area contributed by atoms with Gasteiger partial charge >= 0.3 is 0 Å². The van der Waals surface area contributed by atoms with Crippen LogP contribution >= 0.6 is 0 Å². The van der Waals surface area contributed by atoms with E-state index in [9.17, 15) is 10.1 Å². The number of rotatable bonds is 8. The zero-order chi connectivity index (χ0) is 15.1. The number of benzene rings is 1. The standard InChI is InChI=1S/C13H17N5O3/c1-21-7-6-14-8-13-15-10-16-17(13)9-11-2-4-12(5-3-11)18(19)20/h2-5,10,14H,6-9H2,1H3. The molecule has 21 heavy (non-hydrogen) atoms. The highest BCUT2D eigenvalue weighted by Gasteiger charge is 2.07. The predicted molar refractivity (Wildman–Crippen MR) is 75.8 cm³/mol. The minimum atomic E-state index is -0.412. The van der Waals surface area contributed by atoms with Crippen molar-refractivity contribution in [2.24, 2.45) is 0 Å². The molecule has 0 atom stereocenters. The lowest BCUT2D eigenvalue weighted by Crippen LogP contribution is -2.21. The number of nitro groups is 1. The summed E-state index contributed by atoms with van der Waals surface area (Å²) in [5, 5.41) is 18.0. The van der Waals surface area contributed by atoms with E-state index in [0.717, 1.165) is 17.9 Å². The topological polar surface area (TPSA) is 95.1 Å². The molecule has 112 valence electrons. The molecule has 8 heteroatoms. The van der Waals surface area contributed by atoms with E-state index in [1.807, 2.05) is 0 Å². The highest BCUT2D eigenvalue weighted by Crippen LogP contribution is 2.13. The second-order valence-corrected chi connectivity index (χ2v) is 4.43. The van der Waals surface area contributed by atoms with E-state index in [-0.39, 0.29) is 5.69 Å². The van der Waals surface area contributed by atoms with Gasteiger partial charge in [-0.05, 0) is 5.56 Å². The van der Waals surface area contributed by atoms with Gasteiger partial charge in [0.2, 0.25) is 0 Å². The minimum Gasteiger partial charge on any atom is -0.383 e. The van der Waals surface area contributed by atoms with Crippen LogP contribution in [0.15, 0.2) is 30.6 Å². The number of methoxy groups -OCH3 is 1. The number of nitrogens with one attached hydrogen (secondary N) is 1. The van der Waals surface area contributed by atoms with Crippen LogP contribution in [-0.4, -0.2) is 39.9 Å². The summed E-state index contributed by atoms with van der Waals surface area (Å²) in [7, 11) is 1.65. The molecule has 0 unspecified atom stereocenters. The molecule has 0 radical (unpaired) electrons. The highest BCUT2D eigenvalue weighted by molar-refractivity contribution is 5.32. The van der Waals surface area contributed by atoms with Gasteiger partial charge in [-0.1, -0.05) is 12.1 Å². The number of nitrogens with zero attached hydrogens (tertiary/aromatic N) is 4. The minimum absolute atomic E-state index is 0.0822. The quantitative estimate of drug-likeness (QED) is 0.442. The van der Waals surface area contributed by atoms with Crippen LogP contribution in [0, 0.1) is 10.1 Å². The number of nitro benzene ring substituents is 1. The molecular weight excluding hydrogens is 274 g/mol. The number of hydrogen-bond acceptors (Lipinski definition) is 6. The Morgan fingerprint density at radius 2 is 2.14 bits per heavy atom. The van der Waals surface area contributed by atoms with E-state index in [4.69, 9.17) is 4.74 Å². The van der Waals surface area contributed by atoms with Gasteiger partial charge in [-0.2, -0.15) is 5.10 Å². The van der Waals surface area contributed by atoms with Crippen LogP contribution in [0.25, 0.3) is 0 Å². The third-order valence-corrected chi connectivity index (χ3v) is 2.94. The summed E-state index contributed by atoms with van der Waals surface area (Å²) in [6.07, 6.45) is 1.50. The number of hydrogen-bond donors (Lipinski definition) is 1. The smallest absolute Gasteiger partial charge is 0.269 e. The molecule has 0 spiro atoms. The Bertz CT molecular complexity index is 582. The molecule has 1 N–H and O–H groups in total.